The van der Waals surface area contributed by atoms with Gasteiger partial charge in [0.1, 0.15) is 40.0 Å². The molecule has 1 saturated heterocycles. The van der Waals surface area contributed by atoms with Crippen molar-refractivity contribution in [3.05, 3.63) is 134 Å². The fourth-order valence-corrected chi connectivity index (χ4v) is 9.46. The van der Waals surface area contributed by atoms with E-state index in [4.69, 9.17) is 11.6 Å². The summed E-state index contributed by atoms with van der Waals surface area (Å²) in [4.78, 5) is 50.4. The zero-order chi connectivity index (χ0) is 44.7. The summed E-state index contributed by atoms with van der Waals surface area (Å²) in [7, 11) is 0. The van der Waals surface area contributed by atoms with E-state index in [1.165, 1.54) is 33.5 Å². The molecule has 64 heavy (non-hydrogen) atoms. The zero-order valence-electron chi connectivity index (χ0n) is 34.3. The molecule has 2 aliphatic heterocycles. The first kappa shape index (κ1) is 41.7. The molecule has 0 radical (unpaired) electrons. The number of aryl methyl sites for hydroxylation is 1. The minimum absolute atomic E-state index is 0.0893. The quantitative estimate of drug-likeness (QED) is 0.143. The second-order valence-electron chi connectivity index (χ2n) is 16.8. The number of amides is 1. The Labute approximate surface area is 366 Å². The van der Waals surface area contributed by atoms with Crippen molar-refractivity contribution < 1.29 is 31.1 Å². The molecule has 7 heterocycles. The van der Waals surface area contributed by atoms with Gasteiger partial charge in [-0.3, -0.25) is 13.9 Å². The number of rotatable bonds is 9. The number of benzene rings is 2. The number of para-hydroxylation sites is 1. The normalized spacial score (nSPS) is 16.7. The minimum atomic E-state index is -4.30. The van der Waals surface area contributed by atoms with Gasteiger partial charge in [-0.15, -0.1) is 0 Å². The number of pyridine rings is 2. The lowest BCUT2D eigenvalue weighted by Gasteiger charge is -2.35. The van der Waals surface area contributed by atoms with Gasteiger partial charge in [-0.1, -0.05) is 23.7 Å². The summed E-state index contributed by atoms with van der Waals surface area (Å²) < 4.78 is 90.8. The number of fused-ring (bicyclic) bond motifs is 4. The lowest BCUT2D eigenvalue weighted by Crippen LogP contribution is -2.43. The number of carbonyl (C=O) groups excluding carboxylic acids is 1. The van der Waals surface area contributed by atoms with Gasteiger partial charge in [0, 0.05) is 60.1 Å². The van der Waals surface area contributed by atoms with E-state index in [1.807, 2.05) is 16.7 Å². The smallest absolute Gasteiger partial charge is 0.331 e. The Morgan fingerprint density at radius 3 is 2.38 bits per heavy atom. The Bertz CT molecular complexity index is 3020. The molecule has 3 aliphatic rings. The third kappa shape index (κ3) is 7.25. The van der Waals surface area contributed by atoms with Gasteiger partial charge in [-0.05, 0) is 93.1 Å². The molecule has 330 valence electrons. The summed E-state index contributed by atoms with van der Waals surface area (Å²) in [5.74, 6) is -2.75. The molecular weight excluding hydrogens is 862 g/mol. The highest BCUT2D eigenvalue weighted by molar-refractivity contribution is 6.30. The van der Waals surface area contributed by atoms with Crippen LogP contribution in [0.4, 0.5) is 38.0 Å². The van der Waals surface area contributed by atoms with Crippen LogP contribution in [-0.4, -0.2) is 81.7 Å². The molecule has 1 aliphatic carbocycles. The van der Waals surface area contributed by atoms with Gasteiger partial charge < -0.3 is 19.7 Å². The third-order valence-electron chi connectivity index (χ3n) is 12.9. The highest BCUT2D eigenvalue weighted by atomic mass is 35.5. The van der Waals surface area contributed by atoms with Gasteiger partial charge in [-0.25, -0.2) is 32.9 Å². The van der Waals surface area contributed by atoms with Crippen LogP contribution in [0.3, 0.4) is 0 Å². The number of carbonyl (C=O) groups is 1. The molecule has 0 unspecified atom stereocenters. The van der Waals surface area contributed by atoms with Gasteiger partial charge in [0.2, 0.25) is 5.95 Å². The number of imidazole rings is 1. The molecular formula is C45H39ClF6N10O2. The van der Waals surface area contributed by atoms with Gasteiger partial charge in [0.15, 0.2) is 5.65 Å². The molecule has 2 fully saturated rings. The maximum absolute atomic E-state index is 15.0. The van der Waals surface area contributed by atoms with Gasteiger partial charge in [0.25, 0.3) is 5.91 Å². The standard InChI is InChI=1S/C45H39ClF6N10O2/c1-25-38-40(57-42(55-25)56-37-32(47)5-2-6-33(37)48)62(28-11-17-58(18-12-28)24-44(14-15-44)45(50,51)52)43(64)61(38)29-9-10-35(54-21-29)41(63)59-19-13-30-31-4-3-16-53-39(31)60(36(30)23-59)22-26-7-8-27(46)20-34(26)49/h2-10,16,20-21,28H,11-15,17-19,22-24H2,1H3,(H,55,56,57). The van der Waals surface area contributed by atoms with Crippen LogP contribution in [0.25, 0.3) is 27.9 Å². The van der Waals surface area contributed by atoms with Crippen molar-refractivity contribution in [1.29, 1.82) is 0 Å². The molecule has 1 N–H and O–H groups in total. The lowest BCUT2D eigenvalue weighted by atomic mass is 10.0. The number of alkyl halides is 3. The minimum Gasteiger partial charge on any atom is -0.331 e. The van der Waals surface area contributed by atoms with Crippen LogP contribution in [0.2, 0.25) is 5.02 Å². The molecule has 1 amide bonds. The number of anilines is 2. The van der Waals surface area contributed by atoms with Crippen LogP contribution in [0.15, 0.2) is 77.9 Å². The second-order valence-corrected chi connectivity index (χ2v) is 17.2. The summed E-state index contributed by atoms with van der Waals surface area (Å²) in [6.07, 6.45) is 0.152. The molecule has 0 bridgehead atoms. The molecule has 10 rings (SSSR count). The van der Waals surface area contributed by atoms with Crippen LogP contribution >= 0.6 is 11.6 Å². The summed E-state index contributed by atoms with van der Waals surface area (Å²) in [5, 5.41) is 3.82. The topological polar surface area (TPSA) is 119 Å². The number of aromatic nitrogens is 7. The van der Waals surface area contributed by atoms with Crippen molar-refractivity contribution in [3.8, 4) is 5.69 Å². The van der Waals surface area contributed by atoms with Crippen LogP contribution in [-0.2, 0) is 19.5 Å². The molecule has 5 aromatic heterocycles. The predicted molar refractivity (Wildman–Crippen MR) is 226 cm³/mol. The van der Waals surface area contributed by atoms with E-state index in [2.05, 4.69) is 25.3 Å². The average Bonchev–Trinajstić information content (AvgIpc) is 3.93. The Hall–Kier alpha value is -6.27. The number of likely N-dealkylation sites (tertiary alicyclic amines) is 1. The van der Waals surface area contributed by atoms with E-state index in [0.29, 0.717) is 50.1 Å². The second kappa shape index (κ2) is 15.8. The average molecular weight is 901 g/mol. The number of halogens is 7. The van der Waals surface area contributed by atoms with Crippen LogP contribution in [0, 0.1) is 29.8 Å². The maximum Gasteiger partial charge on any atom is 0.395 e. The fraction of sp³-hybridized carbons (Fsp3) is 0.333. The van der Waals surface area contributed by atoms with Gasteiger partial charge in [-0.2, -0.15) is 18.2 Å². The molecule has 0 atom stereocenters. The fourth-order valence-electron chi connectivity index (χ4n) is 9.31. The van der Waals surface area contributed by atoms with E-state index >= 15 is 4.39 Å². The number of nitrogens with one attached hydrogen (secondary N) is 1. The van der Waals surface area contributed by atoms with E-state index in [-0.39, 0.29) is 77.6 Å². The molecule has 12 nitrogen and oxygen atoms in total. The van der Waals surface area contributed by atoms with E-state index in [0.717, 1.165) is 28.8 Å². The number of hydrogen-bond donors (Lipinski definition) is 1. The van der Waals surface area contributed by atoms with Crippen molar-refractivity contribution in [2.24, 2.45) is 5.41 Å². The Kier molecular flexibility index (Phi) is 10.3. The number of nitrogens with zero attached hydrogens (tertiary/aromatic N) is 9. The molecule has 2 aromatic carbocycles. The monoisotopic (exact) mass is 900 g/mol. The van der Waals surface area contributed by atoms with Gasteiger partial charge >= 0.3 is 11.9 Å². The largest absolute Gasteiger partial charge is 0.395 e. The first-order valence-electron chi connectivity index (χ1n) is 20.9. The first-order valence-corrected chi connectivity index (χ1v) is 21.2. The maximum atomic E-state index is 15.0. The van der Waals surface area contributed by atoms with Crippen LogP contribution in [0.1, 0.15) is 64.7 Å². The summed E-state index contributed by atoms with van der Waals surface area (Å²) in [5.41, 5.74) is 1.32. The van der Waals surface area contributed by atoms with E-state index in [9.17, 15) is 31.5 Å². The summed E-state index contributed by atoms with van der Waals surface area (Å²) >= 11 is 6.03. The Balaban J connectivity index is 0.963. The SMILES string of the molecule is Cc1nc(Nc2c(F)cccc2F)nc2c1n(-c1ccc(C(=O)N3CCc4c(n(Cc5ccc(Cl)cc5F)c5ncccc45)C3)nc1)c(=O)n2C1CCN(CC2(C(F)(F)F)CC2)CC1. The zero-order valence-corrected chi connectivity index (χ0v) is 35.0. The summed E-state index contributed by atoms with van der Waals surface area (Å²) in [6.45, 7) is 2.88. The predicted octanol–water partition coefficient (Wildman–Crippen LogP) is 8.68. The molecule has 7 aromatic rings. The Morgan fingerprint density at radius 2 is 1.69 bits per heavy atom. The van der Waals surface area contributed by atoms with E-state index < -0.39 is 46.5 Å². The van der Waals surface area contributed by atoms with Crippen molar-refractivity contribution in [2.45, 2.75) is 64.3 Å². The highest BCUT2D eigenvalue weighted by Crippen LogP contribution is 2.58. The van der Waals surface area contributed by atoms with E-state index in [1.54, 1.807) is 41.1 Å². The Morgan fingerprint density at radius 1 is 0.922 bits per heavy atom. The first-order chi connectivity index (χ1) is 30.7. The van der Waals surface area contributed by atoms with Crippen molar-refractivity contribution in [1.82, 2.24) is 43.4 Å². The number of piperidine rings is 1. The highest BCUT2D eigenvalue weighted by Gasteiger charge is 2.63. The van der Waals surface area contributed by atoms with Crippen molar-refractivity contribution in [2.75, 3.05) is 31.5 Å². The third-order valence-corrected chi connectivity index (χ3v) is 13.1. The molecule has 19 heteroatoms. The van der Waals surface area contributed by atoms with Gasteiger partial charge in [0.05, 0.1) is 36.1 Å². The summed E-state index contributed by atoms with van der Waals surface area (Å²) in [6, 6.07) is 14.3. The molecule has 1 saturated carbocycles. The van der Waals surface area contributed by atoms with Crippen molar-refractivity contribution in [3.63, 3.8) is 0 Å². The lowest BCUT2D eigenvalue weighted by molar-refractivity contribution is -0.192. The van der Waals surface area contributed by atoms with Crippen molar-refractivity contribution >= 4 is 51.3 Å². The van der Waals surface area contributed by atoms with Crippen LogP contribution in [0.5, 0.6) is 0 Å². The van der Waals surface area contributed by atoms with Crippen LogP contribution < -0.4 is 11.0 Å². The number of hydrogen-bond acceptors (Lipinski definition) is 8. The molecule has 0 spiro atoms.